The third-order valence-electron chi connectivity index (χ3n) is 2.81. The zero-order valence-corrected chi connectivity index (χ0v) is 12.6. The Morgan fingerprint density at radius 1 is 1.19 bits per heavy atom. The fourth-order valence-corrected chi connectivity index (χ4v) is 2.56. The van der Waals surface area contributed by atoms with E-state index in [-0.39, 0.29) is 18.4 Å². The highest BCUT2D eigenvalue weighted by atomic mass is 32.1. The molecule has 1 heterocycles. The number of nitrogens with one attached hydrogen (secondary N) is 2. The summed E-state index contributed by atoms with van der Waals surface area (Å²) in [6.07, 6.45) is 2.58. The number of aryl methyl sites for hydroxylation is 1. The second-order valence-electron chi connectivity index (χ2n) is 4.49. The Morgan fingerprint density at radius 2 is 1.95 bits per heavy atom. The van der Waals surface area contributed by atoms with Gasteiger partial charge in [0, 0.05) is 29.6 Å². The molecule has 2 N–H and O–H groups in total. The number of thiazole rings is 1. The molecular weight excluding hydrogens is 286 g/mol. The third kappa shape index (κ3) is 5.00. The Hall–Kier alpha value is -2.21. The van der Waals surface area contributed by atoms with Crippen molar-refractivity contribution in [3.05, 3.63) is 52.0 Å². The monoisotopic (exact) mass is 303 g/mol. The second-order valence-corrected chi connectivity index (χ2v) is 5.81. The van der Waals surface area contributed by atoms with E-state index in [1.54, 1.807) is 35.6 Å². The average molecular weight is 303 g/mol. The Labute approximate surface area is 127 Å². The lowest BCUT2D eigenvalue weighted by atomic mass is 10.2. The number of carbonyl (C=O) groups is 2. The molecule has 0 saturated carbocycles. The van der Waals surface area contributed by atoms with Crippen LogP contribution < -0.4 is 10.6 Å². The van der Waals surface area contributed by atoms with Gasteiger partial charge < -0.3 is 10.6 Å². The summed E-state index contributed by atoms with van der Waals surface area (Å²) in [5.41, 5.74) is 0.547. The van der Waals surface area contributed by atoms with Crippen molar-refractivity contribution in [1.29, 1.82) is 0 Å². The van der Waals surface area contributed by atoms with Gasteiger partial charge >= 0.3 is 0 Å². The van der Waals surface area contributed by atoms with Crippen molar-refractivity contribution in [3.8, 4) is 0 Å². The lowest BCUT2D eigenvalue weighted by Gasteiger charge is -2.06. The fraction of sp³-hybridized carbons (Fsp3) is 0.267. The molecule has 0 radical (unpaired) electrons. The maximum absolute atomic E-state index is 11.7. The maximum Gasteiger partial charge on any atom is 0.251 e. The maximum atomic E-state index is 11.7. The van der Waals surface area contributed by atoms with Crippen LogP contribution in [0.25, 0.3) is 0 Å². The first kappa shape index (κ1) is 15.2. The van der Waals surface area contributed by atoms with Gasteiger partial charge in [-0.3, -0.25) is 9.59 Å². The molecule has 0 fully saturated rings. The van der Waals surface area contributed by atoms with Gasteiger partial charge in [-0.2, -0.15) is 0 Å². The normalized spacial score (nSPS) is 10.1. The van der Waals surface area contributed by atoms with Gasteiger partial charge in [0.15, 0.2) is 0 Å². The molecule has 110 valence electrons. The van der Waals surface area contributed by atoms with E-state index in [1.165, 1.54) is 0 Å². The topological polar surface area (TPSA) is 71.1 Å². The van der Waals surface area contributed by atoms with Crippen LogP contribution in [0, 0.1) is 6.92 Å². The quantitative estimate of drug-likeness (QED) is 0.850. The smallest absolute Gasteiger partial charge is 0.251 e. The van der Waals surface area contributed by atoms with Crippen LogP contribution in [0.2, 0.25) is 0 Å². The molecule has 2 aromatic rings. The minimum Gasteiger partial charge on any atom is -0.354 e. The van der Waals surface area contributed by atoms with Crippen LogP contribution in [0.15, 0.2) is 36.5 Å². The molecule has 1 aromatic heterocycles. The van der Waals surface area contributed by atoms with Gasteiger partial charge in [0.2, 0.25) is 5.91 Å². The summed E-state index contributed by atoms with van der Waals surface area (Å²) in [4.78, 5) is 28.7. The minimum atomic E-state index is -0.246. The first-order valence-electron chi connectivity index (χ1n) is 6.66. The summed E-state index contributed by atoms with van der Waals surface area (Å²) < 4.78 is 0. The largest absolute Gasteiger partial charge is 0.354 e. The summed E-state index contributed by atoms with van der Waals surface area (Å²) in [6, 6.07) is 8.82. The fourth-order valence-electron chi connectivity index (χ4n) is 1.76. The van der Waals surface area contributed by atoms with E-state index in [4.69, 9.17) is 0 Å². The van der Waals surface area contributed by atoms with Crippen molar-refractivity contribution in [2.75, 3.05) is 13.1 Å². The van der Waals surface area contributed by atoms with Crippen LogP contribution in [0.3, 0.4) is 0 Å². The Morgan fingerprint density at radius 3 is 2.62 bits per heavy atom. The molecule has 6 heteroatoms. The molecule has 1 aromatic carbocycles. The van der Waals surface area contributed by atoms with Crippen molar-refractivity contribution in [1.82, 2.24) is 15.6 Å². The number of hydrogen-bond acceptors (Lipinski definition) is 4. The molecule has 0 atom stereocenters. The second kappa shape index (κ2) is 7.54. The Bertz CT molecular complexity index is 610. The lowest BCUT2D eigenvalue weighted by molar-refractivity contribution is -0.120. The molecular formula is C15H17N3O2S. The van der Waals surface area contributed by atoms with E-state index >= 15 is 0 Å². The lowest BCUT2D eigenvalue weighted by Crippen LogP contribution is -2.37. The third-order valence-corrected chi connectivity index (χ3v) is 3.78. The molecule has 0 aliphatic rings. The molecule has 0 unspecified atom stereocenters. The van der Waals surface area contributed by atoms with E-state index < -0.39 is 0 Å². The molecule has 0 aliphatic heterocycles. The highest BCUT2D eigenvalue weighted by Gasteiger charge is 2.07. The molecule has 2 rings (SSSR count). The van der Waals surface area contributed by atoms with Crippen LogP contribution in [0.5, 0.6) is 0 Å². The van der Waals surface area contributed by atoms with Crippen molar-refractivity contribution in [3.63, 3.8) is 0 Å². The molecule has 2 amide bonds. The number of nitrogens with zero attached hydrogens (tertiary/aromatic N) is 1. The Kier molecular flexibility index (Phi) is 5.45. The van der Waals surface area contributed by atoms with Crippen LogP contribution in [-0.2, 0) is 11.2 Å². The first-order chi connectivity index (χ1) is 10.1. The average Bonchev–Trinajstić information content (AvgIpc) is 2.91. The van der Waals surface area contributed by atoms with Crippen LogP contribution >= 0.6 is 11.3 Å². The van der Waals surface area contributed by atoms with E-state index in [1.807, 2.05) is 19.2 Å². The van der Waals surface area contributed by atoms with Crippen molar-refractivity contribution < 1.29 is 9.59 Å². The molecule has 5 nitrogen and oxygen atoms in total. The van der Waals surface area contributed by atoms with Gasteiger partial charge in [0.25, 0.3) is 5.91 Å². The predicted octanol–water partition coefficient (Wildman–Crippen LogP) is 1.54. The highest BCUT2D eigenvalue weighted by molar-refractivity contribution is 7.11. The zero-order valence-electron chi connectivity index (χ0n) is 11.8. The van der Waals surface area contributed by atoms with Gasteiger partial charge in [-0.05, 0) is 19.1 Å². The molecule has 0 saturated heterocycles. The zero-order chi connectivity index (χ0) is 15.1. The van der Waals surface area contributed by atoms with Gasteiger partial charge in [-0.15, -0.1) is 11.3 Å². The number of aromatic nitrogens is 1. The summed E-state index contributed by atoms with van der Waals surface area (Å²) in [7, 11) is 0. The number of rotatable bonds is 6. The standard InChI is InChI=1S/C15H17N3O2S/c1-11-17-9-13(21-11)7-8-16-14(19)10-18-15(20)12-5-3-2-4-6-12/h2-6,9H,7-8,10H2,1H3,(H,16,19)(H,18,20). The van der Waals surface area contributed by atoms with Gasteiger partial charge in [-0.1, -0.05) is 18.2 Å². The van der Waals surface area contributed by atoms with E-state index in [0.29, 0.717) is 12.1 Å². The first-order valence-corrected chi connectivity index (χ1v) is 7.48. The minimum absolute atomic E-state index is 0.0184. The van der Waals surface area contributed by atoms with E-state index in [9.17, 15) is 9.59 Å². The van der Waals surface area contributed by atoms with Gasteiger partial charge in [-0.25, -0.2) is 4.98 Å². The van der Waals surface area contributed by atoms with Gasteiger partial charge in [0.05, 0.1) is 11.6 Å². The van der Waals surface area contributed by atoms with Crippen molar-refractivity contribution in [2.24, 2.45) is 0 Å². The molecule has 0 spiro atoms. The number of hydrogen-bond donors (Lipinski definition) is 2. The molecule has 0 bridgehead atoms. The summed E-state index contributed by atoms with van der Waals surface area (Å²) >= 11 is 1.62. The highest BCUT2D eigenvalue weighted by Crippen LogP contribution is 2.11. The van der Waals surface area contributed by atoms with Gasteiger partial charge in [0.1, 0.15) is 0 Å². The number of carbonyl (C=O) groups excluding carboxylic acids is 2. The van der Waals surface area contributed by atoms with Crippen LogP contribution in [0.1, 0.15) is 20.2 Å². The van der Waals surface area contributed by atoms with Crippen LogP contribution in [0.4, 0.5) is 0 Å². The summed E-state index contributed by atoms with van der Waals surface area (Å²) in [6.45, 7) is 2.48. The SMILES string of the molecule is Cc1ncc(CCNC(=O)CNC(=O)c2ccccc2)s1. The molecule has 21 heavy (non-hydrogen) atoms. The van der Waals surface area contributed by atoms with E-state index in [0.717, 1.165) is 16.3 Å². The summed E-state index contributed by atoms with van der Waals surface area (Å²) in [5.74, 6) is -0.440. The van der Waals surface area contributed by atoms with E-state index in [2.05, 4.69) is 15.6 Å². The van der Waals surface area contributed by atoms with Crippen LogP contribution in [-0.4, -0.2) is 29.9 Å². The number of benzene rings is 1. The predicted molar refractivity (Wildman–Crippen MR) is 82.3 cm³/mol. The number of amides is 2. The Balaban J connectivity index is 1.67. The summed E-state index contributed by atoms with van der Waals surface area (Å²) in [5, 5.41) is 6.38. The molecule has 0 aliphatic carbocycles. The van der Waals surface area contributed by atoms with Crippen molar-refractivity contribution in [2.45, 2.75) is 13.3 Å². The van der Waals surface area contributed by atoms with Crippen molar-refractivity contribution >= 4 is 23.2 Å².